The molecule has 0 aliphatic rings. The Balaban J connectivity index is 1.64. The van der Waals surface area contributed by atoms with Gasteiger partial charge in [-0.25, -0.2) is 0 Å². The number of halogens is 1. The van der Waals surface area contributed by atoms with E-state index < -0.39 is 0 Å². The minimum absolute atomic E-state index is 0.142. The molecule has 8 heteroatoms. The van der Waals surface area contributed by atoms with Gasteiger partial charge in [0.2, 0.25) is 5.91 Å². The number of aromatic nitrogens is 3. The van der Waals surface area contributed by atoms with E-state index in [1.807, 2.05) is 48.7 Å². The van der Waals surface area contributed by atoms with Crippen molar-refractivity contribution in [1.29, 1.82) is 0 Å². The summed E-state index contributed by atoms with van der Waals surface area (Å²) in [4.78, 5) is 12.4. The standard InChI is InChI=1S/C22H23ClN4O2S/c1-4-11-27-20(13-29-19-8-6-5-7-16(19)3)25-26-22(27)30-14-21(28)24-18-12-17(23)10-9-15(18)2/h4-10,12H,1,11,13-14H2,2-3H3,(H,24,28). The third-order valence-corrected chi connectivity index (χ3v) is 5.56. The van der Waals surface area contributed by atoms with E-state index in [0.717, 1.165) is 16.9 Å². The lowest BCUT2D eigenvalue weighted by molar-refractivity contribution is -0.113. The fourth-order valence-electron chi connectivity index (χ4n) is 2.75. The largest absolute Gasteiger partial charge is 0.485 e. The average Bonchev–Trinajstić information content (AvgIpc) is 3.10. The van der Waals surface area contributed by atoms with E-state index in [9.17, 15) is 4.79 Å². The van der Waals surface area contributed by atoms with Gasteiger partial charge in [-0.1, -0.05) is 53.7 Å². The van der Waals surface area contributed by atoms with Crippen molar-refractivity contribution in [1.82, 2.24) is 14.8 Å². The van der Waals surface area contributed by atoms with Crippen LogP contribution in [0.25, 0.3) is 0 Å². The highest BCUT2D eigenvalue weighted by Crippen LogP contribution is 2.23. The zero-order chi connectivity index (χ0) is 21.5. The van der Waals surface area contributed by atoms with Crippen LogP contribution in [0.5, 0.6) is 5.75 Å². The first kappa shape index (κ1) is 21.9. The summed E-state index contributed by atoms with van der Waals surface area (Å²) in [6, 6.07) is 13.2. The molecule has 3 rings (SSSR count). The van der Waals surface area contributed by atoms with Gasteiger partial charge in [0.05, 0.1) is 5.75 Å². The maximum Gasteiger partial charge on any atom is 0.234 e. The molecule has 0 radical (unpaired) electrons. The number of carbonyl (C=O) groups is 1. The Morgan fingerprint density at radius 1 is 1.23 bits per heavy atom. The van der Waals surface area contributed by atoms with Crippen molar-refractivity contribution < 1.29 is 9.53 Å². The maximum absolute atomic E-state index is 12.4. The lowest BCUT2D eigenvalue weighted by atomic mass is 10.2. The van der Waals surface area contributed by atoms with E-state index >= 15 is 0 Å². The molecule has 0 saturated carbocycles. The predicted octanol–water partition coefficient (Wildman–Crippen LogP) is 5.04. The van der Waals surface area contributed by atoms with Gasteiger partial charge in [0.25, 0.3) is 0 Å². The Morgan fingerprint density at radius 3 is 2.80 bits per heavy atom. The van der Waals surface area contributed by atoms with Gasteiger partial charge in [0.15, 0.2) is 11.0 Å². The lowest BCUT2D eigenvalue weighted by Gasteiger charge is -2.11. The molecule has 2 aromatic carbocycles. The minimum Gasteiger partial charge on any atom is -0.485 e. The zero-order valence-electron chi connectivity index (χ0n) is 16.9. The first-order valence-electron chi connectivity index (χ1n) is 9.38. The maximum atomic E-state index is 12.4. The predicted molar refractivity (Wildman–Crippen MR) is 121 cm³/mol. The van der Waals surface area contributed by atoms with E-state index in [4.69, 9.17) is 16.3 Å². The number of anilines is 1. The van der Waals surface area contributed by atoms with E-state index in [1.54, 1.807) is 18.2 Å². The molecule has 0 spiro atoms. The van der Waals surface area contributed by atoms with Gasteiger partial charge >= 0.3 is 0 Å². The molecule has 0 aliphatic carbocycles. The molecule has 0 bridgehead atoms. The van der Waals surface area contributed by atoms with Gasteiger partial charge in [-0.2, -0.15) is 0 Å². The second-order valence-electron chi connectivity index (χ2n) is 6.65. The Bertz CT molecular complexity index is 1050. The molecule has 0 atom stereocenters. The monoisotopic (exact) mass is 442 g/mol. The number of nitrogens with zero attached hydrogens (tertiary/aromatic N) is 3. The molecular weight excluding hydrogens is 420 g/mol. The van der Waals surface area contributed by atoms with E-state index in [2.05, 4.69) is 22.1 Å². The SMILES string of the molecule is C=CCn1c(COc2ccccc2C)nnc1SCC(=O)Nc1cc(Cl)ccc1C. The highest BCUT2D eigenvalue weighted by atomic mass is 35.5. The van der Waals surface area contributed by atoms with Gasteiger partial charge in [0.1, 0.15) is 12.4 Å². The molecule has 1 aromatic heterocycles. The van der Waals surface area contributed by atoms with Crippen LogP contribution in [-0.2, 0) is 17.9 Å². The summed E-state index contributed by atoms with van der Waals surface area (Å²) in [6.45, 7) is 8.51. The van der Waals surface area contributed by atoms with Crippen molar-refractivity contribution in [3.05, 3.63) is 77.1 Å². The average molecular weight is 443 g/mol. The normalized spacial score (nSPS) is 10.6. The number of aryl methyl sites for hydroxylation is 2. The van der Waals surface area contributed by atoms with E-state index in [1.165, 1.54) is 11.8 Å². The van der Waals surface area contributed by atoms with Crippen LogP contribution in [0.1, 0.15) is 17.0 Å². The van der Waals surface area contributed by atoms with Crippen LogP contribution in [0.3, 0.4) is 0 Å². The van der Waals surface area contributed by atoms with Crippen LogP contribution in [-0.4, -0.2) is 26.4 Å². The number of carbonyl (C=O) groups excluding carboxylic acids is 1. The van der Waals surface area contributed by atoms with Gasteiger partial charge in [-0.05, 0) is 43.2 Å². The number of rotatable bonds is 9. The number of ether oxygens (including phenoxy) is 1. The molecule has 3 aromatic rings. The Morgan fingerprint density at radius 2 is 2.03 bits per heavy atom. The van der Waals surface area contributed by atoms with Crippen molar-refractivity contribution in [3.8, 4) is 5.75 Å². The zero-order valence-corrected chi connectivity index (χ0v) is 18.5. The van der Waals surface area contributed by atoms with Crippen LogP contribution in [0.2, 0.25) is 5.02 Å². The minimum atomic E-state index is -0.142. The summed E-state index contributed by atoms with van der Waals surface area (Å²) in [6.07, 6.45) is 1.76. The van der Waals surface area contributed by atoms with Crippen molar-refractivity contribution in [3.63, 3.8) is 0 Å². The number of allylic oxidation sites excluding steroid dienone is 1. The van der Waals surface area contributed by atoms with Gasteiger partial charge in [-0.3, -0.25) is 9.36 Å². The van der Waals surface area contributed by atoms with Gasteiger partial charge < -0.3 is 10.1 Å². The second kappa shape index (κ2) is 10.3. The number of hydrogen-bond donors (Lipinski definition) is 1. The number of amides is 1. The fourth-order valence-corrected chi connectivity index (χ4v) is 3.69. The summed E-state index contributed by atoms with van der Waals surface area (Å²) >= 11 is 7.33. The van der Waals surface area contributed by atoms with E-state index in [0.29, 0.717) is 28.2 Å². The molecule has 6 nitrogen and oxygen atoms in total. The van der Waals surface area contributed by atoms with Crippen LogP contribution >= 0.6 is 23.4 Å². The van der Waals surface area contributed by atoms with Crippen LogP contribution < -0.4 is 10.1 Å². The van der Waals surface area contributed by atoms with Crippen LogP contribution in [0.4, 0.5) is 5.69 Å². The topological polar surface area (TPSA) is 69.0 Å². The summed E-state index contributed by atoms with van der Waals surface area (Å²) in [5.41, 5.74) is 2.70. The molecule has 0 fully saturated rings. The Hall–Kier alpha value is -2.77. The highest BCUT2D eigenvalue weighted by Gasteiger charge is 2.15. The fraction of sp³-hybridized carbons (Fsp3) is 0.227. The molecular formula is C22H23ClN4O2S. The van der Waals surface area contributed by atoms with Crippen molar-refractivity contribution >= 4 is 35.0 Å². The lowest BCUT2D eigenvalue weighted by Crippen LogP contribution is -2.15. The summed E-state index contributed by atoms with van der Waals surface area (Å²) in [5.74, 6) is 1.53. The van der Waals surface area contributed by atoms with Crippen molar-refractivity contribution in [2.75, 3.05) is 11.1 Å². The summed E-state index contributed by atoms with van der Waals surface area (Å²) < 4.78 is 7.79. The Labute approximate surface area is 185 Å². The van der Waals surface area contributed by atoms with E-state index in [-0.39, 0.29) is 18.3 Å². The number of nitrogens with one attached hydrogen (secondary N) is 1. The molecule has 156 valence electrons. The number of benzene rings is 2. The highest BCUT2D eigenvalue weighted by molar-refractivity contribution is 7.99. The van der Waals surface area contributed by atoms with Crippen molar-refractivity contribution in [2.24, 2.45) is 0 Å². The van der Waals surface area contributed by atoms with Gasteiger partial charge in [0, 0.05) is 17.3 Å². The second-order valence-corrected chi connectivity index (χ2v) is 8.03. The quantitative estimate of drug-likeness (QED) is 0.371. The molecule has 1 N–H and O–H groups in total. The summed E-state index contributed by atoms with van der Waals surface area (Å²) in [5, 5.41) is 12.6. The first-order chi connectivity index (χ1) is 14.5. The molecule has 1 amide bonds. The third-order valence-electron chi connectivity index (χ3n) is 4.36. The molecule has 1 heterocycles. The first-order valence-corrected chi connectivity index (χ1v) is 10.7. The summed E-state index contributed by atoms with van der Waals surface area (Å²) in [7, 11) is 0. The Kier molecular flexibility index (Phi) is 7.54. The smallest absolute Gasteiger partial charge is 0.234 e. The third kappa shape index (κ3) is 5.64. The molecule has 0 aliphatic heterocycles. The van der Waals surface area contributed by atoms with Gasteiger partial charge in [-0.15, -0.1) is 16.8 Å². The number of para-hydroxylation sites is 1. The van der Waals surface area contributed by atoms with Crippen molar-refractivity contribution in [2.45, 2.75) is 32.2 Å². The molecule has 0 saturated heterocycles. The molecule has 30 heavy (non-hydrogen) atoms. The number of thioether (sulfide) groups is 1. The molecule has 0 unspecified atom stereocenters. The number of hydrogen-bond acceptors (Lipinski definition) is 5. The van der Waals surface area contributed by atoms with Crippen LogP contribution in [0, 0.1) is 13.8 Å². The van der Waals surface area contributed by atoms with Crippen LogP contribution in [0.15, 0.2) is 60.3 Å².